The molecule has 1 fully saturated rings. The minimum absolute atomic E-state index is 0.257. The molecule has 8 heteroatoms. The first-order valence-corrected chi connectivity index (χ1v) is 8.73. The molecule has 2 aromatic carbocycles. The molecule has 0 radical (unpaired) electrons. The number of halogens is 1. The van der Waals surface area contributed by atoms with E-state index in [9.17, 15) is 18.8 Å². The van der Waals surface area contributed by atoms with Gasteiger partial charge in [-0.2, -0.15) is 0 Å². The van der Waals surface area contributed by atoms with Crippen LogP contribution in [-0.2, 0) is 16.0 Å². The van der Waals surface area contributed by atoms with Crippen LogP contribution in [0.2, 0.25) is 0 Å². The number of aromatic amines is 1. The predicted molar refractivity (Wildman–Crippen MR) is 101 cm³/mol. The largest absolute Gasteiger partial charge is 0.361 e. The number of rotatable bonds is 5. The van der Waals surface area contributed by atoms with Crippen LogP contribution in [0.15, 0.2) is 54.7 Å². The van der Waals surface area contributed by atoms with Gasteiger partial charge in [0.15, 0.2) is 0 Å². The van der Waals surface area contributed by atoms with Crippen LogP contribution in [-0.4, -0.2) is 40.3 Å². The molecular formula is C20H17FN4O3. The number of benzene rings is 2. The highest BCUT2D eigenvalue weighted by atomic mass is 19.1. The van der Waals surface area contributed by atoms with Crippen molar-refractivity contribution < 1.29 is 18.8 Å². The lowest BCUT2D eigenvalue weighted by atomic mass is 10.1. The van der Waals surface area contributed by atoms with Crippen molar-refractivity contribution >= 4 is 34.4 Å². The van der Waals surface area contributed by atoms with Gasteiger partial charge in [-0.15, -0.1) is 0 Å². The summed E-state index contributed by atoms with van der Waals surface area (Å²) in [5, 5.41) is 6.07. The average Bonchev–Trinajstić information content (AvgIpc) is 3.18. The number of amides is 4. The molecule has 3 N–H and O–H groups in total. The van der Waals surface area contributed by atoms with Gasteiger partial charge in [0.25, 0.3) is 5.91 Å². The number of urea groups is 1. The molecule has 0 aliphatic carbocycles. The highest BCUT2D eigenvalue weighted by molar-refractivity contribution is 6.08. The summed E-state index contributed by atoms with van der Waals surface area (Å²) in [6, 6.07) is 11.7. The summed E-state index contributed by atoms with van der Waals surface area (Å²) >= 11 is 0. The van der Waals surface area contributed by atoms with E-state index in [1.54, 1.807) is 0 Å². The van der Waals surface area contributed by atoms with Gasteiger partial charge in [0, 0.05) is 29.2 Å². The smallest absolute Gasteiger partial charge is 0.325 e. The number of hydrogen-bond acceptors (Lipinski definition) is 3. The number of aromatic nitrogens is 1. The molecule has 0 spiro atoms. The molecule has 2 heterocycles. The normalized spacial score (nSPS) is 16.5. The third-order valence-corrected chi connectivity index (χ3v) is 4.62. The van der Waals surface area contributed by atoms with E-state index >= 15 is 0 Å². The van der Waals surface area contributed by atoms with E-state index in [4.69, 9.17) is 0 Å². The van der Waals surface area contributed by atoms with Gasteiger partial charge in [-0.1, -0.05) is 24.3 Å². The zero-order valence-electron chi connectivity index (χ0n) is 14.7. The van der Waals surface area contributed by atoms with Gasteiger partial charge < -0.3 is 15.6 Å². The van der Waals surface area contributed by atoms with E-state index < -0.39 is 36.2 Å². The number of fused-ring (bicyclic) bond motifs is 1. The number of carbonyl (C=O) groups excluding carboxylic acids is 3. The fourth-order valence-electron chi connectivity index (χ4n) is 3.30. The fourth-order valence-corrected chi connectivity index (χ4v) is 3.30. The molecule has 0 saturated carbocycles. The fraction of sp³-hybridized carbons (Fsp3) is 0.150. The molecule has 0 unspecified atom stereocenters. The molecule has 1 saturated heterocycles. The lowest BCUT2D eigenvalue weighted by Gasteiger charge is -2.13. The molecule has 0 bridgehead atoms. The Morgan fingerprint density at radius 2 is 1.96 bits per heavy atom. The number of anilines is 1. The standard InChI is InChI=1S/C20H17FN4O3/c21-13-4-3-5-14(9-13)23-18(26)11-25-19(27)17(24-20(25)28)8-12-10-22-16-7-2-1-6-15(12)16/h1-7,9-10,17,22H,8,11H2,(H,23,26)(H,24,28)/t17-/m1/s1. The Morgan fingerprint density at radius 3 is 2.79 bits per heavy atom. The van der Waals surface area contributed by atoms with E-state index in [2.05, 4.69) is 15.6 Å². The van der Waals surface area contributed by atoms with Crippen LogP contribution in [0.4, 0.5) is 14.9 Å². The van der Waals surface area contributed by atoms with Crippen molar-refractivity contribution in [3.63, 3.8) is 0 Å². The SMILES string of the molecule is O=C(CN1C(=O)N[C@H](Cc2c[nH]c3ccccc23)C1=O)Nc1cccc(F)c1. The second-order valence-electron chi connectivity index (χ2n) is 6.55. The molecule has 1 aliphatic heterocycles. The first kappa shape index (κ1) is 17.7. The number of imide groups is 1. The van der Waals surface area contributed by atoms with Crippen LogP contribution >= 0.6 is 0 Å². The van der Waals surface area contributed by atoms with Crippen molar-refractivity contribution in [3.05, 3.63) is 66.1 Å². The highest BCUT2D eigenvalue weighted by Crippen LogP contribution is 2.21. The zero-order valence-corrected chi connectivity index (χ0v) is 14.7. The number of nitrogens with zero attached hydrogens (tertiary/aromatic N) is 1. The quantitative estimate of drug-likeness (QED) is 0.594. The van der Waals surface area contributed by atoms with Crippen LogP contribution < -0.4 is 10.6 Å². The van der Waals surface area contributed by atoms with Crippen molar-refractivity contribution in [2.75, 3.05) is 11.9 Å². The maximum atomic E-state index is 13.2. The van der Waals surface area contributed by atoms with Gasteiger partial charge in [0.05, 0.1) is 0 Å². The second-order valence-corrected chi connectivity index (χ2v) is 6.55. The van der Waals surface area contributed by atoms with Crippen LogP contribution in [0.5, 0.6) is 0 Å². The van der Waals surface area contributed by atoms with Crippen molar-refractivity contribution in [2.24, 2.45) is 0 Å². The van der Waals surface area contributed by atoms with Gasteiger partial charge in [0.1, 0.15) is 18.4 Å². The summed E-state index contributed by atoms with van der Waals surface area (Å²) in [6.07, 6.45) is 2.13. The van der Waals surface area contributed by atoms with Crippen LogP contribution in [0.3, 0.4) is 0 Å². The Bertz CT molecular complexity index is 1080. The monoisotopic (exact) mass is 380 g/mol. The molecule has 3 aromatic rings. The lowest BCUT2D eigenvalue weighted by molar-refractivity contribution is -0.130. The molecule has 28 heavy (non-hydrogen) atoms. The number of carbonyl (C=O) groups is 3. The lowest BCUT2D eigenvalue weighted by Crippen LogP contribution is -2.38. The second kappa shape index (κ2) is 7.15. The van der Waals surface area contributed by atoms with Gasteiger partial charge in [-0.05, 0) is 29.8 Å². The summed E-state index contributed by atoms with van der Waals surface area (Å²) in [6.45, 7) is -0.439. The molecule has 4 rings (SSSR count). The van der Waals surface area contributed by atoms with Crippen LogP contribution in [0.25, 0.3) is 10.9 Å². The van der Waals surface area contributed by atoms with E-state index in [-0.39, 0.29) is 5.69 Å². The Hall–Kier alpha value is -3.68. The molecule has 142 valence electrons. The molecule has 7 nitrogen and oxygen atoms in total. The van der Waals surface area contributed by atoms with Crippen LogP contribution in [0, 0.1) is 5.82 Å². The molecule has 1 atom stereocenters. The maximum Gasteiger partial charge on any atom is 0.325 e. The van der Waals surface area contributed by atoms with E-state index in [1.165, 1.54) is 18.2 Å². The number of H-pyrrole nitrogens is 1. The van der Waals surface area contributed by atoms with Crippen LogP contribution in [0.1, 0.15) is 5.56 Å². The number of para-hydroxylation sites is 1. The van der Waals surface area contributed by atoms with Gasteiger partial charge in [0.2, 0.25) is 5.91 Å². The Balaban J connectivity index is 1.43. The molecule has 4 amide bonds. The third-order valence-electron chi connectivity index (χ3n) is 4.62. The van der Waals surface area contributed by atoms with Gasteiger partial charge in [-0.25, -0.2) is 9.18 Å². The summed E-state index contributed by atoms with van der Waals surface area (Å²) in [7, 11) is 0. The molecule has 1 aromatic heterocycles. The first-order chi connectivity index (χ1) is 13.5. The van der Waals surface area contributed by atoms with Crippen molar-refractivity contribution in [3.8, 4) is 0 Å². The summed E-state index contributed by atoms with van der Waals surface area (Å²) in [5.41, 5.74) is 2.10. The van der Waals surface area contributed by atoms with E-state index in [1.807, 2.05) is 30.5 Å². The predicted octanol–water partition coefficient (Wildman–Crippen LogP) is 2.41. The average molecular weight is 380 g/mol. The van der Waals surface area contributed by atoms with Gasteiger partial charge in [-0.3, -0.25) is 14.5 Å². The van der Waals surface area contributed by atoms with Gasteiger partial charge >= 0.3 is 6.03 Å². The maximum absolute atomic E-state index is 13.2. The Kier molecular flexibility index (Phi) is 4.52. The summed E-state index contributed by atoms with van der Waals surface area (Å²) in [5.74, 6) is -1.54. The molecule has 1 aliphatic rings. The summed E-state index contributed by atoms with van der Waals surface area (Å²) in [4.78, 5) is 40.9. The Morgan fingerprint density at radius 1 is 1.14 bits per heavy atom. The van der Waals surface area contributed by atoms with Crippen molar-refractivity contribution in [2.45, 2.75) is 12.5 Å². The third kappa shape index (κ3) is 3.44. The number of nitrogens with one attached hydrogen (secondary N) is 3. The topological polar surface area (TPSA) is 94.3 Å². The minimum Gasteiger partial charge on any atom is -0.361 e. The van der Waals surface area contributed by atoms with Crippen molar-refractivity contribution in [1.82, 2.24) is 15.2 Å². The minimum atomic E-state index is -0.742. The Labute approximate surface area is 159 Å². The summed E-state index contributed by atoms with van der Waals surface area (Å²) < 4.78 is 13.2. The zero-order chi connectivity index (χ0) is 19.7. The number of hydrogen-bond donors (Lipinski definition) is 3. The first-order valence-electron chi connectivity index (χ1n) is 8.73. The van der Waals surface area contributed by atoms with Crippen molar-refractivity contribution in [1.29, 1.82) is 0 Å². The molecular weight excluding hydrogens is 363 g/mol. The highest BCUT2D eigenvalue weighted by Gasteiger charge is 2.39. The van der Waals surface area contributed by atoms with E-state index in [0.29, 0.717) is 6.42 Å². The van der Waals surface area contributed by atoms with E-state index in [0.717, 1.165) is 27.4 Å².